The van der Waals surface area contributed by atoms with E-state index in [1.807, 2.05) is 17.9 Å². The van der Waals surface area contributed by atoms with Crippen LogP contribution in [-0.4, -0.2) is 22.4 Å². The van der Waals surface area contributed by atoms with Crippen LogP contribution in [0.15, 0.2) is 12.4 Å². The first kappa shape index (κ1) is 15.6. The standard InChI is InChI=1S/C17H31N3/c1-5-18-17(10-14-11-19-20(4)12-14)16-8-6-15(7-9-16)13(2)3/h11-13,15-18H,5-10H2,1-4H3. The van der Waals surface area contributed by atoms with Gasteiger partial charge >= 0.3 is 0 Å². The van der Waals surface area contributed by atoms with E-state index in [2.05, 4.69) is 37.4 Å². The molecule has 0 amide bonds. The Morgan fingerprint density at radius 1 is 1.25 bits per heavy atom. The summed E-state index contributed by atoms with van der Waals surface area (Å²) in [5, 5.41) is 8.02. The number of hydrogen-bond acceptors (Lipinski definition) is 2. The number of aromatic nitrogens is 2. The van der Waals surface area contributed by atoms with Gasteiger partial charge < -0.3 is 5.32 Å². The summed E-state index contributed by atoms with van der Waals surface area (Å²) in [5.74, 6) is 2.64. The largest absolute Gasteiger partial charge is 0.314 e. The molecule has 0 saturated heterocycles. The average molecular weight is 277 g/mol. The second-order valence-electron chi connectivity index (χ2n) is 6.81. The van der Waals surface area contributed by atoms with Crippen molar-refractivity contribution in [2.45, 2.75) is 58.9 Å². The molecule has 1 aromatic heterocycles. The summed E-state index contributed by atoms with van der Waals surface area (Å²) < 4.78 is 1.91. The molecule has 1 aliphatic carbocycles. The molecule has 1 saturated carbocycles. The highest BCUT2D eigenvalue weighted by atomic mass is 15.2. The van der Waals surface area contributed by atoms with Gasteiger partial charge in [-0.15, -0.1) is 0 Å². The molecule has 1 unspecified atom stereocenters. The van der Waals surface area contributed by atoms with Gasteiger partial charge in [0.1, 0.15) is 0 Å². The van der Waals surface area contributed by atoms with Crippen molar-refractivity contribution in [2.24, 2.45) is 24.8 Å². The van der Waals surface area contributed by atoms with Gasteiger partial charge in [-0.2, -0.15) is 5.10 Å². The first-order valence-electron chi connectivity index (χ1n) is 8.31. The molecule has 0 aliphatic heterocycles. The zero-order chi connectivity index (χ0) is 14.5. The summed E-state index contributed by atoms with van der Waals surface area (Å²) in [4.78, 5) is 0. The van der Waals surface area contributed by atoms with Gasteiger partial charge in [-0.25, -0.2) is 0 Å². The minimum Gasteiger partial charge on any atom is -0.314 e. The molecule has 1 aromatic rings. The van der Waals surface area contributed by atoms with Crippen molar-refractivity contribution in [3.8, 4) is 0 Å². The summed E-state index contributed by atoms with van der Waals surface area (Å²) in [6.07, 6.45) is 10.9. The molecule has 0 radical (unpaired) electrons. The van der Waals surface area contributed by atoms with Crippen molar-refractivity contribution < 1.29 is 0 Å². The molecule has 1 N–H and O–H groups in total. The smallest absolute Gasteiger partial charge is 0.0522 e. The van der Waals surface area contributed by atoms with Gasteiger partial charge in [0.25, 0.3) is 0 Å². The maximum Gasteiger partial charge on any atom is 0.0522 e. The number of nitrogens with zero attached hydrogens (tertiary/aromatic N) is 2. The minimum absolute atomic E-state index is 0.623. The third kappa shape index (κ3) is 4.08. The Morgan fingerprint density at radius 3 is 2.40 bits per heavy atom. The quantitative estimate of drug-likeness (QED) is 0.863. The third-order valence-electron chi connectivity index (χ3n) is 5.01. The molecular weight excluding hydrogens is 246 g/mol. The highest BCUT2D eigenvalue weighted by Crippen LogP contribution is 2.35. The van der Waals surface area contributed by atoms with Crippen LogP contribution >= 0.6 is 0 Å². The second-order valence-corrected chi connectivity index (χ2v) is 6.81. The van der Waals surface area contributed by atoms with E-state index in [9.17, 15) is 0 Å². The molecule has 0 bridgehead atoms. The number of hydrogen-bond donors (Lipinski definition) is 1. The lowest BCUT2D eigenvalue weighted by Crippen LogP contribution is -2.40. The average Bonchev–Trinajstić information content (AvgIpc) is 2.84. The van der Waals surface area contributed by atoms with E-state index in [0.29, 0.717) is 6.04 Å². The zero-order valence-electron chi connectivity index (χ0n) is 13.6. The van der Waals surface area contributed by atoms with Gasteiger partial charge in [-0.3, -0.25) is 4.68 Å². The molecule has 3 nitrogen and oxygen atoms in total. The molecule has 0 aromatic carbocycles. The fourth-order valence-corrected chi connectivity index (χ4v) is 3.71. The van der Waals surface area contributed by atoms with Gasteiger partial charge in [0.2, 0.25) is 0 Å². The van der Waals surface area contributed by atoms with Crippen LogP contribution in [0.2, 0.25) is 0 Å². The van der Waals surface area contributed by atoms with Gasteiger partial charge in [-0.05, 0) is 62.0 Å². The Balaban J connectivity index is 1.92. The molecule has 0 spiro atoms. The van der Waals surface area contributed by atoms with Crippen LogP contribution in [-0.2, 0) is 13.5 Å². The number of aryl methyl sites for hydroxylation is 1. The normalized spacial score (nSPS) is 25.1. The molecule has 1 atom stereocenters. The molecule has 20 heavy (non-hydrogen) atoms. The van der Waals surface area contributed by atoms with Crippen LogP contribution in [0.1, 0.15) is 52.0 Å². The van der Waals surface area contributed by atoms with Crippen LogP contribution in [0.5, 0.6) is 0 Å². The van der Waals surface area contributed by atoms with Gasteiger partial charge in [-0.1, -0.05) is 20.8 Å². The molecule has 1 heterocycles. The van der Waals surface area contributed by atoms with Crippen molar-refractivity contribution in [3.63, 3.8) is 0 Å². The predicted molar refractivity (Wildman–Crippen MR) is 84.7 cm³/mol. The van der Waals surface area contributed by atoms with Crippen LogP contribution in [0.25, 0.3) is 0 Å². The summed E-state index contributed by atoms with van der Waals surface area (Å²) >= 11 is 0. The molecule has 2 rings (SSSR count). The van der Waals surface area contributed by atoms with Gasteiger partial charge in [0.15, 0.2) is 0 Å². The summed E-state index contributed by atoms with van der Waals surface area (Å²) in [6, 6.07) is 0.623. The van der Waals surface area contributed by atoms with E-state index in [-0.39, 0.29) is 0 Å². The molecule has 114 valence electrons. The lowest BCUT2D eigenvalue weighted by atomic mass is 9.73. The topological polar surface area (TPSA) is 29.9 Å². The molecule has 1 aliphatic rings. The number of nitrogens with one attached hydrogen (secondary N) is 1. The van der Waals surface area contributed by atoms with E-state index in [1.54, 1.807) is 0 Å². The van der Waals surface area contributed by atoms with Crippen molar-refractivity contribution in [1.82, 2.24) is 15.1 Å². The van der Waals surface area contributed by atoms with Crippen LogP contribution in [0, 0.1) is 17.8 Å². The van der Waals surface area contributed by atoms with E-state index in [1.165, 1.54) is 31.2 Å². The van der Waals surface area contributed by atoms with E-state index < -0.39 is 0 Å². The Kier molecular flexibility index (Phi) is 5.64. The summed E-state index contributed by atoms with van der Waals surface area (Å²) in [6.45, 7) is 8.04. The number of likely N-dealkylation sites (N-methyl/N-ethyl adjacent to an activating group) is 1. The van der Waals surface area contributed by atoms with Crippen molar-refractivity contribution in [2.75, 3.05) is 6.54 Å². The van der Waals surface area contributed by atoms with E-state index >= 15 is 0 Å². The second kappa shape index (κ2) is 7.26. The van der Waals surface area contributed by atoms with Crippen molar-refractivity contribution >= 4 is 0 Å². The fourth-order valence-electron chi connectivity index (χ4n) is 3.71. The Hall–Kier alpha value is -0.830. The van der Waals surface area contributed by atoms with Crippen LogP contribution in [0.4, 0.5) is 0 Å². The highest BCUT2D eigenvalue weighted by Gasteiger charge is 2.28. The first-order chi connectivity index (χ1) is 9.60. The van der Waals surface area contributed by atoms with E-state index in [0.717, 1.165) is 30.7 Å². The first-order valence-corrected chi connectivity index (χ1v) is 8.31. The number of rotatable bonds is 6. The maximum atomic E-state index is 4.30. The molecule has 3 heteroatoms. The third-order valence-corrected chi connectivity index (χ3v) is 5.01. The summed E-state index contributed by atoms with van der Waals surface area (Å²) in [7, 11) is 2.00. The maximum absolute atomic E-state index is 4.30. The lowest BCUT2D eigenvalue weighted by molar-refractivity contribution is 0.188. The minimum atomic E-state index is 0.623. The SMILES string of the molecule is CCNC(Cc1cnn(C)c1)C1CCC(C(C)C)CC1. The van der Waals surface area contributed by atoms with Crippen molar-refractivity contribution in [1.29, 1.82) is 0 Å². The van der Waals surface area contributed by atoms with E-state index in [4.69, 9.17) is 0 Å². The fraction of sp³-hybridized carbons (Fsp3) is 0.824. The molecule has 1 fully saturated rings. The van der Waals surface area contributed by atoms with Crippen molar-refractivity contribution in [3.05, 3.63) is 18.0 Å². The Morgan fingerprint density at radius 2 is 1.90 bits per heavy atom. The van der Waals surface area contributed by atoms with Gasteiger partial charge in [0.05, 0.1) is 6.20 Å². The molecular formula is C17H31N3. The lowest BCUT2D eigenvalue weighted by Gasteiger charge is -2.35. The monoisotopic (exact) mass is 277 g/mol. The predicted octanol–water partition coefficient (Wildman–Crippen LogP) is 3.40. The van der Waals surface area contributed by atoms with Crippen LogP contribution < -0.4 is 5.32 Å². The Bertz CT molecular complexity index is 389. The highest BCUT2D eigenvalue weighted by molar-refractivity contribution is 5.07. The van der Waals surface area contributed by atoms with Gasteiger partial charge in [0, 0.05) is 19.3 Å². The summed E-state index contributed by atoms with van der Waals surface area (Å²) in [5.41, 5.74) is 1.37. The van der Waals surface area contributed by atoms with Crippen LogP contribution in [0.3, 0.4) is 0 Å². The zero-order valence-corrected chi connectivity index (χ0v) is 13.6. The Labute approximate surface area is 124 Å².